The van der Waals surface area contributed by atoms with Crippen LogP contribution >= 0.6 is 11.3 Å². The molecule has 1 rings (SSSR count). The van der Waals surface area contributed by atoms with Crippen molar-refractivity contribution in [1.29, 1.82) is 0 Å². The standard InChI is InChI=1S/C11H16N2O4S/c1-7(9-3-2-6-18-9)12-11(17)13-8(4-5-14)10(15)16/h2-3,6-8,14H,4-5H2,1H3,(H,15,16)(H2,12,13,17). The van der Waals surface area contributed by atoms with Crippen LogP contribution in [0.15, 0.2) is 17.5 Å². The van der Waals surface area contributed by atoms with Crippen LogP contribution in [0, 0.1) is 0 Å². The number of aliphatic carboxylic acids is 1. The first-order valence-electron chi connectivity index (χ1n) is 5.48. The first kappa shape index (κ1) is 14.5. The molecule has 0 aliphatic carbocycles. The largest absolute Gasteiger partial charge is 0.480 e. The average molecular weight is 272 g/mol. The van der Waals surface area contributed by atoms with Gasteiger partial charge in [-0.25, -0.2) is 9.59 Å². The molecular formula is C11H16N2O4S. The number of aliphatic hydroxyl groups is 1. The summed E-state index contributed by atoms with van der Waals surface area (Å²) in [7, 11) is 0. The minimum atomic E-state index is -1.16. The lowest BCUT2D eigenvalue weighted by Gasteiger charge is -2.17. The Morgan fingerprint density at radius 3 is 2.67 bits per heavy atom. The molecular weight excluding hydrogens is 256 g/mol. The third-order valence-corrected chi connectivity index (χ3v) is 3.39. The van der Waals surface area contributed by atoms with Gasteiger partial charge in [0, 0.05) is 17.9 Å². The zero-order valence-corrected chi connectivity index (χ0v) is 10.7. The zero-order valence-electron chi connectivity index (χ0n) is 9.92. The summed E-state index contributed by atoms with van der Waals surface area (Å²) < 4.78 is 0. The molecule has 0 aliphatic rings. The highest BCUT2D eigenvalue weighted by molar-refractivity contribution is 7.10. The van der Waals surface area contributed by atoms with Gasteiger partial charge >= 0.3 is 12.0 Å². The predicted octanol–water partition coefficient (Wildman–Crippen LogP) is 0.944. The summed E-state index contributed by atoms with van der Waals surface area (Å²) in [6.45, 7) is 1.52. The van der Waals surface area contributed by atoms with Gasteiger partial charge < -0.3 is 20.8 Å². The Kier molecular flexibility index (Phi) is 5.60. The first-order valence-corrected chi connectivity index (χ1v) is 6.36. The van der Waals surface area contributed by atoms with E-state index in [2.05, 4.69) is 10.6 Å². The van der Waals surface area contributed by atoms with Crippen molar-refractivity contribution in [2.45, 2.75) is 25.4 Å². The number of amides is 2. The molecule has 1 heterocycles. The molecule has 0 radical (unpaired) electrons. The third kappa shape index (κ3) is 4.34. The SMILES string of the molecule is CC(NC(=O)NC(CCO)C(=O)O)c1cccs1. The second kappa shape index (κ2) is 6.97. The van der Waals surface area contributed by atoms with Gasteiger partial charge in [-0.1, -0.05) is 6.07 Å². The van der Waals surface area contributed by atoms with Gasteiger partial charge in [-0.2, -0.15) is 0 Å². The number of nitrogens with one attached hydrogen (secondary N) is 2. The third-order valence-electron chi connectivity index (χ3n) is 2.34. The van der Waals surface area contributed by atoms with Gasteiger partial charge in [0.2, 0.25) is 0 Å². The summed E-state index contributed by atoms with van der Waals surface area (Å²) in [4.78, 5) is 23.3. The van der Waals surface area contributed by atoms with E-state index in [4.69, 9.17) is 10.2 Å². The van der Waals surface area contributed by atoms with E-state index in [1.54, 1.807) is 0 Å². The van der Waals surface area contributed by atoms with Crippen LogP contribution in [0.3, 0.4) is 0 Å². The predicted molar refractivity (Wildman–Crippen MR) is 67.5 cm³/mol. The van der Waals surface area contributed by atoms with Gasteiger partial charge in [0.1, 0.15) is 6.04 Å². The van der Waals surface area contributed by atoms with Crippen molar-refractivity contribution < 1.29 is 19.8 Å². The van der Waals surface area contributed by atoms with E-state index in [1.807, 2.05) is 24.4 Å². The van der Waals surface area contributed by atoms with Crippen LogP contribution in [0.5, 0.6) is 0 Å². The number of aliphatic hydroxyl groups excluding tert-OH is 1. The summed E-state index contributed by atoms with van der Waals surface area (Å²) in [5.74, 6) is -1.16. The minimum absolute atomic E-state index is 0.0177. The van der Waals surface area contributed by atoms with Crippen LogP contribution in [0.1, 0.15) is 24.3 Å². The molecule has 0 saturated heterocycles. The Morgan fingerprint density at radius 1 is 1.44 bits per heavy atom. The van der Waals surface area contributed by atoms with E-state index < -0.39 is 18.0 Å². The smallest absolute Gasteiger partial charge is 0.326 e. The summed E-state index contributed by atoms with van der Waals surface area (Å²) >= 11 is 1.51. The highest BCUT2D eigenvalue weighted by Gasteiger charge is 2.20. The maximum atomic E-state index is 11.6. The Bertz CT molecular complexity index is 394. The van der Waals surface area contributed by atoms with Crippen molar-refractivity contribution in [1.82, 2.24) is 10.6 Å². The number of thiophene rings is 1. The molecule has 2 atom stereocenters. The quantitative estimate of drug-likeness (QED) is 0.619. The van der Waals surface area contributed by atoms with Crippen molar-refractivity contribution in [2.24, 2.45) is 0 Å². The van der Waals surface area contributed by atoms with E-state index in [9.17, 15) is 9.59 Å². The van der Waals surface area contributed by atoms with E-state index >= 15 is 0 Å². The van der Waals surface area contributed by atoms with Crippen LogP contribution in [0.25, 0.3) is 0 Å². The average Bonchev–Trinajstić information content (AvgIpc) is 2.81. The van der Waals surface area contributed by atoms with E-state index in [1.165, 1.54) is 11.3 Å². The summed E-state index contributed by atoms with van der Waals surface area (Å²) in [5, 5.41) is 24.4. The number of carboxylic acid groups (broad SMARTS) is 1. The number of hydrogen-bond donors (Lipinski definition) is 4. The van der Waals surface area contributed by atoms with Crippen molar-refractivity contribution >= 4 is 23.3 Å². The molecule has 2 unspecified atom stereocenters. The van der Waals surface area contributed by atoms with Crippen molar-refractivity contribution in [3.8, 4) is 0 Å². The molecule has 18 heavy (non-hydrogen) atoms. The summed E-state index contributed by atoms with van der Waals surface area (Å²) in [5.41, 5.74) is 0. The second-order valence-electron chi connectivity index (χ2n) is 3.76. The normalized spacial score (nSPS) is 13.7. The Labute approximate surface area is 109 Å². The van der Waals surface area contributed by atoms with E-state index in [0.29, 0.717) is 0 Å². The highest BCUT2D eigenvalue weighted by Crippen LogP contribution is 2.17. The van der Waals surface area contributed by atoms with Crippen LogP contribution < -0.4 is 10.6 Å². The Hall–Kier alpha value is -1.60. The van der Waals surface area contributed by atoms with Gasteiger partial charge in [0.15, 0.2) is 0 Å². The molecule has 6 nitrogen and oxygen atoms in total. The molecule has 0 aliphatic heterocycles. The van der Waals surface area contributed by atoms with Crippen LogP contribution in [0.2, 0.25) is 0 Å². The van der Waals surface area contributed by atoms with Gasteiger partial charge in [0.25, 0.3) is 0 Å². The topological polar surface area (TPSA) is 98.7 Å². The number of carbonyl (C=O) groups excluding carboxylic acids is 1. The monoisotopic (exact) mass is 272 g/mol. The molecule has 7 heteroatoms. The molecule has 0 saturated carbocycles. The number of carbonyl (C=O) groups is 2. The Morgan fingerprint density at radius 2 is 2.17 bits per heavy atom. The van der Waals surface area contributed by atoms with E-state index in [0.717, 1.165) is 4.88 Å². The number of rotatable bonds is 6. The molecule has 1 aromatic rings. The minimum Gasteiger partial charge on any atom is -0.480 e. The number of urea groups is 1. The van der Waals surface area contributed by atoms with Crippen molar-refractivity contribution in [3.63, 3.8) is 0 Å². The maximum absolute atomic E-state index is 11.6. The zero-order chi connectivity index (χ0) is 13.5. The van der Waals surface area contributed by atoms with E-state index in [-0.39, 0.29) is 19.1 Å². The van der Waals surface area contributed by atoms with Gasteiger partial charge in [-0.15, -0.1) is 11.3 Å². The van der Waals surface area contributed by atoms with Gasteiger partial charge in [-0.3, -0.25) is 0 Å². The maximum Gasteiger partial charge on any atom is 0.326 e. The molecule has 0 fully saturated rings. The fourth-order valence-electron chi connectivity index (χ4n) is 1.39. The number of hydrogen-bond acceptors (Lipinski definition) is 4. The van der Waals surface area contributed by atoms with Crippen LogP contribution in [-0.4, -0.2) is 34.9 Å². The molecule has 0 bridgehead atoms. The fraction of sp³-hybridized carbons (Fsp3) is 0.455. The molecule has 0 spiro atoms. The lowest BCUT2D eigenvalue weighted by atomic mass is 10.2. The first-order chi connectivity index (χ1) is 8.54. The molecule has 100 valence electrons. The van der Waals surface area contributed by atoms with Crippen molar-refractivity contribution in [3.05, 3.63) is 22.4 Å². The van der Waals surface area contributed by atoms with Gasteiger partial charge in [0.05, 0.1) is 6.04 Å². The van der Waals surface area contributed by atoms with Crippen LogP contribution in [-0.2, 0) is 4.79 Å². The lowest BCUT2D eigenvalue weighted by molar-refractivity contribution is -0.139. The lowest BCUT2D eigenvalue weighted by Crippen LogP contribution is -2.46. The molecule has 1 aromatic heterocycles. The fourth-order valence-corrected chi connectivity index (χ4v) is 2.13. The van der Waals surface area contributed by atoms with Crippen LogP contribution in [0.4, 0.5) is 4.79 Å². The summed E-state index contributed by atoms with van der Waals surface area (Å²) in [6.07, 6.45) is -0.0177. The molecule has 4 N–H and O–H groups in total. The molecule has 2 amide bonds. The molecule has 0 aromatic carbocycles. The highest BCUT2D eigenvalue weighted by atomic mass is 32.1. The Balaban J connectivity index is 2.47. The summed E-state index contributed by atoms with van der Waals surface area (Å²) in [6, 6.07) is 1.94. The van der Waals surface area contributed by atoms with Crippen molar-refractivity contribution in [2.75, 3.05) is 6.61 Å². The van der Waals surface area contributed by atoms with Gasteiger partial charge in [-0.05, 0) is 18.4 Å². The number of carboxylic acids is 1. The second-order valence-corrected chi connectivity index (χ2v) is 4.74.